The van der Waals surface area contributed by atoms with Crippen molar-refractivity contribution in [3.05, 3.63) is 23.7 Å². The number of aliphatic imine (C=N–C) groups is 1. The van der Waals surface area contributed by atoms with E-state index in [1.54, 1.807) is 0 Å². The van der Waals surface area contributed by atoms with Gasteiger partial charge in [0.15, 0.2) is 5.84 Å². The average Bonchev–Trinajstić information content (AvgIpc) is 2.41. The van der Waals surface area contributed by atoms with Gasteiger partial charge in [-0.3, -0.25) is 4.79 Å². The summed E-state index contributed by atoms with van der Waals surface area (Å²) in [6, 6.07) is 0.0361. The van der Waals surface area contributed by atoms with Crippen LogP contribution < -0.4 is 21.5 Å². The van der Waals surface area contributed by atoms with Gasteiger partial charge in [0.2, 0.25) is 5.91 Å². The molecule has 7 nitrogen and oxygen atoms in total. The van der Waals surface area contributed by atoms with Gasteiger partial charge in [-0.25, -0.2) is 10.4 Å². The minimum absolute atomic E-state index is 0.0361. The Balaban J connectivity index is 2.09. The quantitative estimate of drug-likeness (QED) is 0.474. The van der Waals surface area contributed by atoms with Crippen LogP contribution in [0.3, 0.4) is 0 Å². The van der Waals surface area contributed by atoms with E-state index in [4.69, 9.17) is 5.41 Å². The summed E-state index contributed by atoms with van der Waals surface area (Å²) < 4.78 is 0. The van der Waals surface area contributed by atoms with Crippen molar-refractivity contribution in [1.29, 1.82) is 5.41 Å². The highest BCUT2D eigenvalue weighted by Gasteiger charge is 2.21. The van der Waals surface area contributed by atoms with Crippen molar-refractivity contribution in [2.75, 3.05) is 7.05 Å². The van der Waals surface area contributed by atoms with Crippen molar-refractivity contribution in [3.63, 3.8) is 0 Å². The van der Waals surface area contributed by atoms with Gasteiger partial charge in [0.25, 0.3) is 0 Å². The predicted octanol–water partition coefficient (Wildman–Crippen LogP) is -0.244. The van der Waals surface area contributed by atoms with Crippen molar-refractivity contribution >= 4 is 17.5 Å². The minimum Gasteiger partial charge on any atom is -0.374 e. The number of nitrogens with zero attached hydrogens (tertiary/aromatic N) is 1. The summed E-state index contributed by atoms with van der Waals surface area (Å²) in [6.45, 7) is 1.41. The smallest absolute Gasteiger partial charge is 0.222 e. The van der Waals surface area contributed by atoms with Crippen LogP contribution in [0.15, 0.2) is 28.7 Å². The molecule has 7 heteroatoms. The number of nitrogens with one attached hydrogen (secondary N) is 5. The van der Waals surface area contributed by atoms with E-state index < -0.39 is 0 Å². The molecule has 5 N–H and O–H groups in total. The van der Waals surface area contributed by atoms with Crippen LogP contribution in [0.4, 0.5) is 0 Å². The summed E-state index contributed by atoms with van der Waals surface area (Å²) in [7, 11) is 1.84. The second-order valence-corrected chi connectivity index (χ2v) is 4.38. The normalized spacial score (nSPS) is 22.7. The molecular formula is C12H18N6O. The van der Waals surface area contributed by atoms with Gasteiger partial charge in [0.1, 0.15) is 5.82 Å². The van der Waals surface area contributed by atoms with Crippen LogP contribution in [0.1, 0.15) is 19.8 Å². The number of carbonyl (C=O) groups is 1. The van der Waals surface area contributed by atoms with E-state index in [0.717, 1.165) is 17.9 Å². The molecule has 2 rings (SSSR count). The number of carbonyl (C=O) groups excluding carboxylic acids is 1. The zero-order chi connectivity index (χ0) is 13.8. The summed E-state index contributed by atoms with van der Waals surface area (Å²) in [6.07, 6.45) is 5.22. The largest absolute Gasteiger partial charge is 0.374 e. The average molecular weight is 262 g/mol. The molecule has 0 radical (unpaired) electrons. The lowest BCUT2D eigenvalue weighted by atomic mass is 10.0. The fourth-order valence-electron chi connectivity index (χ4n) is 1.91. The van der Waals surface area contributed by atoms with E-state index in [-0.39, 0.29) is 11.9 Å². The Bertz CT molecular complexity index is 490. The van der Waals surface area contributed by atoms with Crippen LogP contribution in [0, 0.1) is 5.41 Å². The first-order chi connectivity index (χ1) is 9.10. The van der Waals surface area contributed by atoms with Gasteiger partial charge in [-0.15, -0.1) is 0 Å². The minimum atomic E-state index is -0.211. The lowest BCUT2D eigenvalue weighted by molar-refractivity contribution is -0.117. The van der Waals surface area contributed by atoms with Crippen LogP contribution in [0.2, 0.25) is 0 Å². The molecule has 0 bridgehead atoms. The molecule has 0 aromatic heterocycles. The SMILES string of the molecule is CNC1=CCC(C2=CCC(=N)C(NC(C)=O)=N2)NN1. The number of hydrazine groups is 1. The number of amidine groups is 1. The molecule has 0 aromatic rings. The summed E-state index contributed by atoms with van der Waals surface area (Å²) in [5.74, 6) is 1.05. The first kappa shape index (κ1) is 13.3. The molecule has 0 saturated heterocycles. The maximum Gasteiger partial charge on any atom is 0.222 e. The number of hydrogen-bond acceptors (Lipinski definition) is 6. The highest BCUT2D eigenvalue weighted by molar-refractivity contribution is 6.43. The Morgan fingerprint density at radius 3 is 2.89 bits per heavy atom. The molecule has 2 aliphatic heterocycles. The van der Waals surface area contributed by atoms with Crippen LogP contribution >= 0.6 is 0 Å². The van der Waals surface area contributed by atoms with Crippen molar-refractivity contribution in [1.82, 2.24) is 21.5 Å². The van der Waals surface area contributed by atoms with Gasteiger partial charge in [0.05, 0.1) is 17.5 Å². The van der Waals surface area contributed by atoms with Gasteiger partial charge >= 0.3 is 0 Å². The van der Waals surface area contributed by atoms with Crippen molar-refractivity contribution in [2.24, 2.45) is 4.99 Å². The second kappa shape index (κ2) is 5.66. The lowest BCUT2D eigenvalue weighted by Crippen LogP contribution is -2.47. The molecule has 102 valence electrons. The fraction of sp³-hybridized carbons (Fsp3) is 0.417. The molecule has 1 unspecified atom stereocenters. The fourth-order valence-corrected chi connectivity index (χ4v) is 1.91. The van der Waals surface area contributed by atoms with Crippen LogP contribution in [0.5, 0.6) is 0 Å². The van der Waals surface area contributed by atoms with Crippen molar-refractivity contribution < 1.29 is 4.79 Å². The Morgan fingerprint density at radius 2 is 2.32 bits per heavy atom. The maximum atomic E-state index is 11.1. The number of hydrogen-bond donors (Lipinski definition) is 5. The highest BCUT2D eigenvalue weighted by Crippen LogP contribution is 2.16. The topological polar surface area (TPSA) is 101 Å². The number of rotatable bonds is 2. The van der Waals surface area contributed by atoms with Crippen molar-refractivity contribution in [2.45, 2.75) is 25.8 Å². The highest BCUT2D eigenvalue weighted by atomic mass is 16.1. The molecule has 1 atom stereocenters. The Hall–Kier alpha value is -2.15. The third-order valence-electron chi connectivity index (χ3n) is 2.90. The summed E-state index contributed by atoms with van der Waals surface area (Å²) in [5.41, 5.74) is 7.33. The Morgan fingerprint density at radius 1 is 1.53 bits per heavy atom. The Labute approximate surface area is 111 Å². The van der Waals surface area contributed by atoms with Crippen molar-refractivity contribution in [3.8, 4) is 0 Å². The molecule has 1 amide bonds. The monoisotopic (exact) mass is 262 g/mol. The van der Waals surface area contributed by atoms with E-state index in [0.29, 0.717) is 18.0 Å². The summed E-state index contributed by atoms with van der Waals surface area (Å²) >= 11 is 0. The van der Waals surface area contributed by atoms with Gasteiger partial charge < -0.3 is 21.5 Å². The molecule has 0 spiro atoms. The number of amides is 1. The standard InChI is InChI=1S/C12H18N6O/c1-7(19)15-12-8(13)3-4-9(16-12)10-5-6-11(14-2)18-17-10/h4,6,10,13-14,17-18H,3,5H2,1-2H3,(H,15,16,19). The number of allylic oxidation sites excluding steroid dienone is 1. The first-order valence-electron chi connectivity index (χ1n) is 6.13. The van der Waals surface area contributed by atoms with E-state index in [1.165, 1.54) is 6.92 Å². The molecular weight excluding hydrogens is 244 g/mol. The van der Waals surface area contributed by atoms with Gasteiger partial charge in [-0.05, 0) is 12.5 Å². The second-order valence-electron chi connectivity index (χ2n) is 4.38. The lowest BCUT2D eigenvalue weighted by Gasteiger charge is -2.27. The maximum absolute atomic E-state index is 11.1. The third-order valence-corrected chi connectivity index (χ3v) is 2.90. The Kier molecular flexibility index (Phi) is 3.96. The van der Waals surface area contributed by atoms with E-state index in [2.05, 4.69) is 26.5 Å². The molecule has 19 heavy (non-hydrogen) atoms. The summed E-state index contributed by atoms with van der Waals surface area (Å²) in [4.78, 5) is 15.4. The van der Waals surface area contributed by atoms with Crippen LogP contribution in [0.25, 0.3) is 0 Å². The van der Waals surface area contributed by atoms with Crippen LogP contribution in [-0.4, -0.2) is 30.5 Å². The molecule has 0 aromatic carbocycles. The molecule has 0 aliphatic carbocycles. The molecule has 2 heterocycles. The third kappa shape index (κ3) is 3.19. The van der Waals surface area contributed by atoms with E-state index in [1.807, 2.05) is 19.2 Å². The van der Waals surface area contributed by atoms with Gasteiger partial charge in [-0.1, -0.05) is 6.08 Å². The van der Waals surface area contributed by atoms with Crippen LogP contribution in [-0.2, 0) is 4.79 Å². The molecule has 2 aliphatic rings. The first-order valence-corrected chi connectivity index (χ1v) is 6.13. The van der Waals surface area contributed by atoms with E-state index in [9.17, 15) is 4.79 Å². The van der Waals surface area contributed by atoms with Gasteiger partial charge in [-0.2, -0.15) is 0 Å². The van der Waals surface area contributed by atoms with Gasteiger partial charge in [0, 0.05) is 20.4 Å². The molecule has 0 fully saturated rings. The predicted molar refractivity (Wildman–Crippen MR) is 73.5 cm³/mol. The zero-order valence-electron chi connectivity index (χ0n) is 11.0. The van der Waals surface area contributed by atoms with E-state index >= 15 is 0 Å². The zero-order valence-corrected chi connectivity index (χ0v) is 11.0. The molecule has 0 saturated carbocycles. The summed E-state index contributed by atoms with van der Waals surface area (Å²) in [5, 5.41) is 13.4.